The third kappa shape index (κ3) is 3.90. The maximum Gasteiger partial charge on any atom is 0.410 e. The molecule has 1 atom stereocenters. The number of likely N-dealkylation sites (tertiary alicyclic amines) is 1. The van der Waals surface area contributed by atoms with Crippen molar-refractivity contribution in [2.75, 3.05) is 44.3 Å². The number of ether oxygens (including phenoxy) is 2. The molecule has 3 heterocycles. The highest BCUT2D eigenvalue weighted by Crippen LogP contribution is 2.35. The highest BCUT2D eigenvalue weighted by atomic mass is 32.2. The molecule has 1 spiro atoms. The van der Waals surface area contributed by atoms with Crippen molar-refractivity contribution in [2.24, 2.45) is 0 Å². The second-order valence-corrected chi connectivity index (χ2v) is 8.34. The van der Waals surface area contributed by atoms with E-state index in [2.05, 4.69) is 16.7 Å². The van der Waals surface area contributed by atoms with Gasteiger partial charge in [0.25, 0.3) is 0 Å². The molecule has 0 aliphatic carbocycles. The Balaban J connectivity index is 1.25. The van der Waals surface area contributed by atoms with Crippen molar-refractivity contribution in [3.05, 3.63) is 30.3 Å². The van der Waals surface area contributed by atoms with Gasteiger partial charge >= 0.3 is 6.09 Å². The molecule has 0 aromatic heterocycles. The minimum atomic E-state index is -0.272. The summed E-state index contributed by atoms with van der Waals surface area (Å²) in [6.07, 6.45) is 3.04. The molecule has 1 amide bonds. The highest BCUT2D eigenvalue weighted by molar-refractivity contribution is 7.99. The summed E-state index contributed by atoms with van der Waals surface area (Å²) in [5, 5.41) is 0. The fraction of sp³-hybridized carbons (Fsp3) is 0.632. The molecule has 6 heteroatoms. The van der Waals surface area contributed by atoms with Crippen LogP contribution >= 0.6 is 11.8 Å². The Morgan fingerprint density at radius 2 is 2.04 bits per heavy atom. The number of amides is 1. The molecule has 3 saturated heterocycles. The van der Waals surface area contributed by atoms with Crippen LogP contribution in [0.2, 0.25) is 0 Å². The van der Waals surface area contributed by atoms with E-state index in [4.69, 9.17) is 9.47 Å². The topological polar surface area (TPSA) is 42.0 Å². The van der Waals surface area contributed by atoms with Crippen molar-refractivity contribution in [2.45, 2.75) is 30.9 Å². The van der Waals surface area contributed by atoms with E-state index >= 15 is 0 Å². The summed E-state index contributed by atoms with van der Waals surface area (Å²) in [5.74, 6) is 3.39. The first-order valence-corrected chi connectivity index (χ1v) is 10.4. The average molecular weight is 362 g/mol. The smallest absolute Gasteiger partial charge is 0.410 e. The van der Waals surface area contributed by atoms with Crippen LogP contribution in [0.4, 0.5) is 4.79 Å². The molecule has 0 N–H and O–H groups in total. The maximum absolute atomic E-state index is 12.3. The van der Waals surface area contributed by atoms with E-state index in [1.807, 2.05) is 35.2 Å². The quantitative estimate of drug-likeness (QED) is 0.806. The van der Waals surface area contributed by atoms with Gasteiger partial charge in [-0.1, -0.05) is 18.2 Å². The summed E-state index contributed by atoms with van der Waals surface area (Å²) in [6.45, 7) is 3.88. The van der Waals surface area contributed by atoms with Gasteiger partial charge in [-0.3, -0.25) is 4.90 Å². The first kappa shape index (κ1) is 17.0. The maximum atomic E-state index is 12.3. The molecule has 0 saturated carbocycles. The lowest BCUT2D eigenvalue weighted by atomic mass is 9.90. The largest absolute Gasteiger partial charge is 0.492 e. The number of hydrogen-bond acceptors (Lipinski definition) is 5. The van der Waals surface area contributed by atoms with E-state index in [1.54, 1.807) is 0 Å². The molecule has 3 aliphatic heterocycles. The summed E-state index contributed by atoms with van der Waals surface area (Å²) >= 11 is 2.06. The second-order valence-electron chi connectivity index (χ2n) is 7.19. The van der Waals surface area contributed by atoms with Gasteiger partial charge in [0.1, 0.15) is 18.0 Å². The van der Waals surface area contributed by atoms with Crippen molar-refractivity contribution >= 4 is 17.9 Å². The zero-order chi connectivity index (χ0) is 17.1. The van der Waals surface area contributed by atoms with E-state index in [0.29, 0.717) is 19.7 Å². The van der Waals surface area contributed by atoms with E-state index in [9.17, 15) is 4.79 Å². The number of benzene rings is 1. The Morgan fingerprint density at radius 3 is 2.76 bits per heavy atom. The predicted molar refractivity (Wildman–Crippen MR) is 99.3 cm³/mol. The lowest BCUT2D eigenvalue weighted by molar-refractivity contribution is -0.00743. The van der Waals surface area contributed by atoms with E-state index < -0.39 is 0 Å². The van der Waals surface area contributed by atoms with Crippen molar-refractivity contribution in [1.82, 2.24) is 9.80 Å². The number of hydrogen-bond donors (Lipinski definition) is 0. The van der Waals surface area contributed by atoms with Crippen molar-refractivity contribution in [3.63, 3.8) is 0 Å². The highest BCUT2D eigenvalue weighted by Gasteiger charge is 2.47. The standard InChI is InChI=1S/C19H26N2O3S/c22-18-21(11-12-23-17-4-2-1-3-5-17)15-19(24-18)7-9-20(10-8-19)16-6-13-25-14-16/h1-5,16H,6-15H2/t16-/m0/s1. The van der Waals surface area contributed by atoms with Crippen molar-refractivity contribution in [1.29, 1.82) is 0 Å². The first-order valence-electron chi connectivity index (χ1n) is 9.22. The van der Waals surface area contributed by atoms with Crippen LogP contribution in [0.1, 0.15) is 19.3 Å². The number of para-hydroxylation sites is 1. The first-order chi connectivity index (χ1) is 12.2. The Labute approximate surface area is 153 Å². The fourth-order valence-corrected chi connectivity index (χ4v) is 5.28. The van der Waals surface area contributed by atoms with Crippen LogP contribution in [0.25, 0.3) is 0 Å². The monoisotopic (exact) mass is 362 g/mol. The van der Waals surface area contributed by atoms with Gasteiger partial charge in [0.05, 0.1) is 13.1 Å². The predicted octanol–water partition coefficient (Wildman–Crippen LogP) is 2.86. The van der Waals surface area contributed by atoms with Crippen LogP contribution in [0.15, 0.2) is 30.3 Å². The number of carbonyl (C=O) groups excluding carboxylic acids is 1. The van der Waals surface area contributed by atoms with Crippen LogP contribution in [0.5, 0.6) is 5.75 Å². The molecule has 4 rings (SSSR count). The van der Waals surface area contributed by atoms with Gasteiger partial charge in [-0.05, 0) is 24.3 Å². The molecule has 1 aromatic rings. The summed E-state index contributed by atoms with van der Waals surface area (Å²) in [7, 11) is 0. The molecule has 0 bridgehead atoms. The molecule has 0 radical (unpaired) electrons. The molecule has 5 nitrogen and oxygen atoms in total. The minimum Gasteiger partial charge on any atom is -0.492 e. The van der Waals surface area contributed by atoms with Crippen LogP contribution in [0, 0.1) is 0 Å². The molecular formula is C19H26N2O3S. The lowest BCUT2D eigenvalue weighted by Gasteiger charge is -2.40. The molecule has 3 fully saturated rings. The summed E-state index contributed by atoms with van der Waals surface area (Å²) < 4.78 is 11.5. The van der Waals surface area contributed by atoms with E-state index in [0.717, 1.165) is 37.7 Å². The molecule has 25 heavy (non-hydrogen) atoms. The number of rotatable bonds is 5. The number of piperidine rings is 1. The molecule has 0 unspecified atom stereocenters. The third-order valence-corrected chi connectivity index (χ3v) is 6.69. The van der Waals surface area contributed by atoms with E-state index in [-0.39, 0.29) is 11.7 Å². The SMILES string of the molecule is O=C1OC2(CCN([C@H]3CCSC3)CC2)CN1CCOc1ccccc1. The van der Waals surface area contributed by atoms with Gasteiger partial charge in [-0.25, -0.2) is 4.79 Å². The summed E-state index contributed by atoms with van der Waals surface area (Å²) in [5.41, 5.74) is -0.272. The number of thioether (sulfide) groups is 1. The molecular weight excluding hydrogens is 336 g/mol. The zero-order valence-electron chi connectivity index (χ0n) is 14.6. The fourth-order valence-electron chi connectivity index (χ4n) is 4.02. The third-order valence-electron chi connectivity index (χ3n) is 5.55. The van der Waals surface area contributed by atoms with Gasteiger partial charge in [0, 0.05) is 37.7 Å². The van der Waals surface area contributed by atoms with Crippen LogP contribution in [0.3, 0.4) is 0 Å². The molecule has 1 aromatic carbocycles. The van der Waals surface area contributed by atoms with Gasteiger partial charge in [0.2, 0.25) is 0 Å². The Bertz CT molecular complexity index is 584. The van der Waals surface area contributed by atoms with Crippen LogP contribution in [-0.2, 0) is 4.74 Å². The van der Waals surface area contributed by atoms with Crippen molar-refractivity contribution < 1.29 is 14.3 Å². The zero-order valence-corrected chi connectivity index (χ0v) is 15.4. The minimum absolute atomic E-state index is 0.179. The van der Waals surface area contributed by atoms with Gasteiger partial charge in [-0.2, -0.15) is 11.8 Å². The van der Waals surface area contributed by atoms with Gasteiger partial charge < -0.3 is 14.4 Å². The number of carbonyl (C=O) groups is 1. The Kier molecular flexibility index (Phi) is 5.08. The second kappa shape index (κ2) is 7.46. The van der Waals surface area contributed by atoms with Crippen molar-refractivity contribution in [3.8, 4) is 5.75 Å². The Morgan fingerprint density at radius 1 is 1.24 bits per heavy atom. The molecule has 136 valence electrons. The summed E-state index contributed by atoms with van der Waals surface area (Å²) in [6, 6.07) is 10.5. The van der Waals surface area contributed by atoms with Crippen LogP contribution < -0.4 is 4.74 Å². The van der Waals surface area contributed by atoms with Gasteiger partial charge in [0.15, 0.2) is 0 Å². The lowest BCUT2D eigenvalue weighted by Crippen LogP contribution is -2.50. The number of nitrogens with zero attached hydrogens (tertiary/aromatic N) is 2. The summed E-state index contributed by atoms with van der Waals surface area (Å²) in [4.78, 5) is 16.7. The van der Waals surface area contributed by atoms with Crippen LogP contribution in [-0.4, -0.2) is 71.8 Å². The Hall–Kier alpha value is -1.40. The van der Waals surface area contributed by atoms with E-state index in [1.165, 1.54) is 17.9 Å². The molecule has 3 aliphatic rings. The van der Waals surface area contributed by atoms with Gasteiger partial charge in [-0.15, -0.1) is 0 Å². The average Bonchev–Trinajstić information content (AvgIpc) is 3.26. The normalized spacial score (nSPS) is 26.2.